The lowest BCUT2D eigenvalue weighted by molar-refractivity contribution is -0.896. The fraction of sp³-hybridized carbons (Fsp3) is 0.619. The lowest BCUT2D eigenvalue weighted by atomic mass is 9.91. The minimum Gasteiger partial charge on any atom is -1.00 e. The molecule has 2 amide bonds. The second-order valence-electron chi connectivity index (χ2n) is 8.83. The van der Waals surface area contributed by atoms with Crippen molar-refractivity contribution in [2.75, 3.05) is 39.1 Å². The molecule has 27 heavy (non-hydrogen) atoms. The summed E-state index contributed by atoms with van der Waals surface area (Å²) in [5, 5.41) is 1.08. The van der Waals surface area contributed by atoms with E-state index < -0.39 is 0 Å². The largest absolute Gasteiger partial charge is 1.00 e. The summed E-state index contributed by atoms with van der Waals surface area (Å²) < 4.78 is 0.907. The summed E-state index contributed by atoms with van der Waals surface area (Å²) in [6, 6.07) is 7.12. The zero-order valence-electron chi connectivity index (χ0n) is 16.9. The van der Waals surface area contributed by atoms with Crippen LogP contribution in [0.15, 0.2) is 24.3 Å². The Balaban J connectivity index is 0.00000364. The fourth-order valence-electron chi connectivity index (χ4n) is 4.09. The van der Waals surface area contributed by atoms with Crippen molar-refractivity contribution in [2.45, 2.75) is 39.5 Å². The molecule has 1 aromatic carbocycles. The van der Waals surface area contributed by atoms with E-state index in [1.807, 2.05) is 12.1 Å². The Hall–Kier alpha value is -0.720. The number of carbonyl (C=O) groups excluding carboxylic acids is 2. The Labute approximate surface area is 182 Å². The maximum Gasteiger partial charge on any atom is 0.261 e. The van der Waals surface area contributed by atoms with Crippen LogP contribution in [0.3, 0.4) is 0 Å². The highest BCUT2D eigenvalue weighted by Gasteiger charge is 2.40. The molecule has 0 aromatic heterocycles. The number of rotatable bonds is 10. The molecule has 1 aliphatic heterocycles. The van der Waals surface area contributed by atoms with Crippen LogP contribution in [0.5, 0.6) is 0 Å². The van der Waals surface area contributed by atoms with Gasteiger partial charge in [-0.1, -0.05) is 48.3 Å². The van der Waals surface area contributed by atoms with Gasteiger partial charge >= 0.3 is 0 Å². The Bertz CT molecular complexity index is 624. The van der Waals surface area contributed by atoms with E-state index in [9.17, 15) is 9.59 Å². The van der Waals surface area contributed by atoms with Gasteiger partial charge in [0.15, 0.2) is 0 Å². The molecular formula is C21H32Br2N2O2. The molecule has 0 N–H and O–H groups in total. The van der Waals surface area contributed by atoms with Gasteiger partial charge in [0.25, 0.3) is 11.8 Å². The van der Waals surface area contributed by atoms with Crippen molar-refractivity contribution in [3.05, 3.63) is 35.4 Å². The van der Waals surface area contributed by atoms with Crippen LogP contribution in [-0.4, -0.2) is 60.3 Å². The number of nitrogens with zero attached hydrogens (tertiary/aromatic N) is 2. The van der Waals surface area contributed by atoms with Gasteiger partial charge in [0.05, 0.1) is 38.3 Å². The summed E-state index contributed by atoms with van der Waals surface area (Å²) in [6.07, 6.45) is 4.97. The first-order chi connectivity index (χ1) is 12.2. The molecular weight excluding hydrogens is 472 g/mol. The lowest BCUT2D eigenvalue weighted by Crippen LogP contribution is -3.00. The predicted molar refractivity (Wildman–Crippen MR) is 110 cm³/mol. The van der Waals surface area contributed by atoms with E-state index in [-0.39, 0.29) is 34.2 Å². The van der Waals surface area contributed by atoms with E-state index in [0.717, 1.165) is 22.9 Å². The van der Waals surface area contributed by atoms with E-state index >= 15 is 0 Å². The van der Waals surface area contributed by atoms with Gasteiger partial charge < -0.3 is 21.5 Å². The van der Waals surface area contributed by atoms with Gasteiger partial charge in [-0.15, -0.1) is 0 Å². The van der Waals surface area contributed by atoms with Crippen molar-refractivity contribution in [1.82, 2.24) is 4.90 Å². The van der Waals surface area contributed by atoms with Crippen molar-refractivity contribution in [3.63, 3.8) is 0 Å². The van der Waals surface area contributed by atoms with E-state index in [0.29, 0.717) is 17.7 Å². The maximum atomic E-state index is 12.6. The third-order valence-electron chi connectivity index (χ3n) is 4.97. The normalized spacial score (nSPS) is 14.3. The number of quaternary nitrogens is 1. The second-order valence-corrected chi connectivity index (χ2v) is 9.62. The first-order valence-corrected chi connectivity index (χ1v) is 10.6. The minimum absolute atomic E-state index is 0. The zero-order chi connectivity index (χ0) is 19.4. The molecule has 2 rings (SSSR count). The average Bonchev–Trinajstić information content (AvgIpc) is 2.79. The number of alkyl halides is 1. The molecule has 0 spiro atoms. The zero-order valence-corrected chi connectivity index (χ0v) is 20.1. The third-order valence-corrected chi connectivity index (χ3v) is 5.53. The Morgan fingerprint density at radius 2 is 1.48 bits per heavy atom. The van der Waals surface area contributed by atoms with Crippen LogP contribution in [0.2, 0.25) is 0 Å². The number of fused-ring (bicyclic) bond motifs is 1. The highest BCUT2D eigenvalue weighted by molar-refractivity contribution is 9.09. The molecule has 4 nitrogen and oxygen atoms in total. The minimum atomic E-state index is -0.154. The molecule has 0 atom stereocenters. The lowest BCUT2D eigenvalue weighted by Gasteiger charge is -2.39. The summed E-state index contributed by atoms with van der Waals surface area (Å²) in [5.41, 5.74) is 0.940. The molecule has 0 bridgehead atoms. The van der Waals surface area contributed by atoms with Crippen LogP contribution in [0.4, 0.5) is 0 Å². The first kappa shape index (κ1) is 24.3. The molecule has 1 aromatic rings. The first-order valence-electron chi connectivity index (χ1n) is 9.50. The molecule has 1 aliphatic rings. The van der Waals surface area contributed by atoms with Gasteiger partial charge in [0, 0.05) is 17.3 Å². The standard InChI is InChI=1S/C21H32BrN2O2.BrH/c1-21(2,16-24(3,4)14-10-6-5-9-13-22)15-23-19(25)17-11-7-8-12-18(17)20(23)26;/h7-8,11-12H,5-6,9-10,13-16H2,1-4H3;1H/q+1;/p-1. The van der Waals surface area contributed by atoms with Gasteiger partial charge in [-0.25, -0.2) is 0 Å². The fourth-order valence-corrected chi connectivity index (χ4v) is 4.48. The van der Waals surface area contributed by atoms with Crippen LogP contribution >= 0.6 is 15.9 Å². The van der Waals surface area contributed by atoms with E-state index in [4.69, 9.17) is 0 Å². The molecule has 0 aliphatic carbocycles. The van der Waals surface area contributed by atoms with Crippen LogP contribution in [-0.2, 0) is 0 Å². The van der Waals surface area contributed by atoms with Gasteiger partial charge in [0.1, 0.15) is 0 Å². The molecule has 1 heterocycles. The summed E-state index contributed by atoms with van der Waals surface area (Å²) in [5.74, 6) is -0.308. The predicted octanol–water partition coefficient (Wildman–Crippen LogP) is 1.34. The molecule has 0 unspecified atom stereocenters. The van der Waals surface area contributed by atoms with Gasteiger partial charge in [-0.05, 0) is 31.4 Å². The van der Waals surface area contributed by atoms with Crippen molar-refractivity contribution in [2.24, 2.45) is 5.41 Å². The molecule has 6 heteroatoms. The molecule has 0 saturated heterocycles. The van der Waals surface area contributed by atoms with E-state index in [2.05, 4.69) is 43.9 Å². The Kier molecular flexibility index (Phi) is 9.16. The summed E-state index contributed by atoms with van der Waals surface area (Å²) >= 11 is 3.48. The third kappa shape index (κ3) is 6.68. The topological polar surface area (TPSA) is 37.4 Å². The molecule has 0 radical (unpaired) electrons. The smallest absolute Gasteiger partial charge is 0.261 e. The Morgan fingerprint density at radius 3 is 2.00 bits per heavy atom. The van der Waals surface area contributed by atoms with Crippen molar-refractivity contribution < 1.29 is 31.1 Å². The average molecular weight is 504 g/mol. The van der Waals surface area contributed by atoms with Crippen LogP contribution in [0.25, 0.3) is 0 Å². The quantitative estimate of drug-likeness (QED) is 0.209. The number of carbonyl (C=O) groups is 2. The van der Waals surface area contributed by atoms with Gasteiger partial charge in [-0.3, -0.25) is 14.5 Å². The molecule has 0 saturated carbocycles. The molecule has 0 fully saturated rings. The number of unbranched alkanes of at least 4 members (excludes halogenated alkanes) is 3. The van der Waals surface area contributed by atoms with Crippen molar-refractivity contribution in [3.8, 4) is 0 Å². The number of hydrogen-bond acceptors (Lipinski definition) is 2. The highest BCUT2D eigenvalue weighted by Crippen LogP contribution is 2.28. The van der Waals surface area contributed by atoms with Crippen LogP contribution in [0, 0.1) is 5.41 Å². The summed E-state index contributed by atoms with van der Waals surface area (Å²) in [6.45, 7) is 6.82. The summed E-state index contributed by atoms with van der Waals surface area (Å²) in [7, 11) is 4.49. The van der Waals surface area contributed by atoms with E-state index in [1.165, 1.54) is 30.6 Å². The number of imide groups is 1. The van der Waals surface area contributed by atoms with Crippen LogP contribution in [0.1, 0.15) is 60.2 Å². The number of halogens is 2. The molecule has 152 valence electrons. The number of benzene rings is 1. The summed E-state index contributed by atoms with van der Waals surface area (Å²) in [4.78, 5) is 26.7. The number of hydrogen-bond donors (Lipinski definition) is 0. The highest BCUT2D eigenvalue weighted by atomic mass is 79.9. The Morgan fingerprint density at radius 1 is 0.963 bits per heavy atom. The van der Waals surface area contributed by atoms with Crippen LogP contribution < -0.4 is 17.0 Å². The number of amides is 2. The maximum absolute atomic E-state index is 12.6. The van der Waals surface area contributed by atoms with Gasteiger partial charge in [-0.2, -0.15) is 0 Å². The monoisotopic (exact) mass is 502 g/mol. The SMILES string of the molecule is CC(C)(CN1C(=O)c2ccccc2C1=O)C[N+](C)(C)CCCCCCBr.[Br-]. The van der Waals surface area contributed by atoms with E-state index in [1.54, 1.807) is 12.1 Å². The second kappa shape index (κ2) is 10.2. The van der Waals surface area contributed by atoms with Crippen molar-refractivity contribution >= 4 is 27.7 Å². The van der Waals surface area contributed by atoms with Gasteiger partial charge in [0.2, 0.25) is 0 Å². The van der Waals surface area contributed by atoms with Crippen molar-refractivity contribution in [1.29, 1.82) is 0 Å².